The second kappa shape index (κ2) is 8.55. The van der Waals surface area contributed by atoms with Crippen LogP contribution in [0.15, 0.2) is 35.0 Å². The van der Waals surface area contributed by atoms with Crippen LogP contribution in [0.4, 0.5) is 10.5 Å². The van der Waals surface area contributed by atoms with E-state index >= 15 is 0 Å². The predicted molar refractivity (Wildman–Crippen MR) is 126 cm³/mol. The zero-order valence-electron chi connectivity index (χ0n) is 18.1. The molecule has 11 heteroatoms. The smallest absolute Gasteiger partial charge is 0.412 e. The summed E-state index contributed by atoms with van der Waals surface area (Å²) >= 11 is 2.67. The molecule has 0 radical (unpaired) electrons. The van der Waals surface area contributed by atoms with Crippen molar-refractivity contribution in [1.29, 1.82) is 0 Å². The first kappa shape index (κ1) is 22.1. The summed E-state index contributed by atoms with van der Waals surface area (Å²) in [4.78, 5) is 32.7. The van der Waals surface area contributed by atoms with Gasteiger partial charge in [0.2, 0.25) is 5.76 Å². The summed E-state index contributed by atoms with van der Waals surface area (Å²) in [5.41, 5.74) is 1.87. The maximum absolute atomic E-state index is 12.4. The number of hydrogen-bond acceptors (Lipinski definition) is 9. The van der Waals surface area contributed by atoms with E-state index < -0.39 is 23.6 Å². The fraction of sp³-hybridized carbons (Fsp3) is 0.261. The Morgan fingerprint density at radius 3 is 2.74 bits per heavy atom. The van der Waals surface area contributed by atoms with E-state index in [-0.39, 0.29) is 11.4 Å². The Kier molecular flexibility index (Phi) is 5.55. The summed E-state index contributed by atoms with van der Waals surface area (Å²) in [6.07, 6.45) is 1.46. The lowest BCUT2D eigenvalue weighted by Crippen LogP contribution is -2.18. The molecule has 1 fully saturated rings. The lowest BCUT2D eigenvalue weighted by Gasteiger charge is -2.15. The molecule has 1 amide bonds. The van der Waals surface area contributed by atoms with Gasteiger partial charge in [0.05, 0.1) is 6.20 Å². The number of aliphatic carboxylic acids is 1. The second-order valence-corrected chi connectivity index (χ2v) is 10.1. The Labute approximate surface area is 201 Å². The van der Waals surface area contributed by atoms with Gasteiger partial charge in [-0.15, -0.1) is 11.3 Å². The number of nitrogens with zero attached hydrogens (tertiary/aromatic N) is 3. The highest BCUT2D eigenvalue weighted by Crippen LogP contribution is 2.51. The minimum absolute atomic E-state index is 0.163. The first-order valence-corrected chi connectivity index (χ1v) is 12.0. The van der Waals surface area contributed by atoms with Gasteiger partial charge in [0.1, 0.15) is 26.2 Å². The van der Waals surface area contributed by atoms with Crippen molar-refractivity contribution in [3.05, 3.63) is 57.4 Å². The molecule has 1 unspecified atom stereocenters. The fourth-order valence-corrected chi connectivity index (χ4v) is 5.69. The van der Waals surface area contributed by atoms with Crippen LogP contribution in [0.1, 0.15) is 52.8 Å². The largest absolute Gasteiger partial charge is 0.481 e. The molecule has 3 heterocycles. The van der Waals surface area contributed by atoms with E-state index in [0.29, 0.717) is 28.5 Å². The number of aryl methyl sites for hydroxylation is 1. The van der Waals surface area contributed by atoms with Gasteiger partial charge in [0, 0.05) is 0 Å². The van der Waals surface area contributed by atoms with E-state index in [1.807, 2.05) is 31.2 Å². The Hall–Kier alpha value is -3.75. The monoisotopic (exact) mass is 494 g/mol. The van der Waals surface area contributed by atoms with Gasteiger partial charge < -0.3 is 14.4 Å². The molecule has 1 aromatic carbocycles. The van der Waals surface area contributed by atoms with Crippen molar-refractivity contribution in [3.63, 3.8) is 0 Å². The number of fused-ring (bicyclic) bond motifs is 1. The maximum Gasteiger partial charge on any atom is 0.412 e. The van der Waals surface area contributed by atoms with Crippen LogP contribution in [0, 0.1) is 18.8 Å². The maximum atomic E-state index is 12.4. The Morgan fingerprint density at radius 2 is 2.03 bits per heavy atom. The van der Waals surface area contributed by atoms with Crippen LogP contribution in [-0.4, -0.2) is 32.3 Å². The van der Waals surface area contributed by atoms with Crippen molar-refractivity contribution in [2.75, 3.05) is 5.32 Å². The van der Waals surface area contributed by atoms with Gasteiger partial charge in [-0.2, -0.15) is 0 Å². The highest BCUT2D eigenvalue weighted by atomic mass is 32.2. The molecular weight excluding hydrogens is 476 g/mol. The second-order valence-electron chi connectivity index (χ2n) is 7.88. The van der Waals surface area contributed by atoms with Crippen molar-refractivity contribution in [3.8, 4) is 11.8 Å². The molecule has 34 heavy (non-hydrogen) atoms. The number of benzene rings is 1. The van der Waals surface area contributed by atoms with Gasteiger partial charge in [-0.05, 0) is 49.7 Å². The Balaban J connectivity index is 1.27. The van der Waals surface area contributed by atoms with Gasteiger partial charge >= 0.3 is 12.1 Å². The molecule has 5 rings (SSSR count). The first-order valence-electron chi connectivity index (χ1n) is 10.4. The normalized spacial score (nSPS) is 14.8. The number of carbonyl (C=O) groups excluding carboxylic acids is 1. The zero-order valence-corrected chi connectivity index (χ0v) is 19.7. The zero-order chi connectivity index (χ0) is 23.9. The molecule has 0 aliphatic heterocycles. The third kappa shape index (κ3) is 4.13. The molecular formula is C23H18N4O5S2. The molecule has 0 bridgehead atoms. The lowest BCUT2D eigenvalue weighted by atomic mass is 10.1. The number of carbonyl (C=O) groups is 2. The number of carboxylic acids is 1. The molecule has 3 aromatic heterocycles. The number of thiazole rings is 2. The molecule has 1 atom stereocenters. The molecule has 1 aliphatic rings. The first-order chi connectivity index (χ1) is 16.4. The predicted octanol–water partition coefficient (Wildman–Crippen LogP) is 4.87. The molecule has 4 aromatic rings. The minimum atomic E-state index is -0.845. The molecule has 0 spiro atoms. The Bertz CT molecular complexity index is 1440. The number of ether oxygens (including phenoxy) is 1. The summed E-state index contributed by atoms with van der Waals surface area (Å²) in [5.74, 6) is 5.03. The number of anilines is 1. The van der Waals surface area contributed by atoms with Crippen LogP contribution in [-0.2, 0) is 14.9 Å². The Morgan fingerprint density at radius 1 is 1.24 bits per heavy atom. The number of carboxylic acid groups (broad SMARTS) is 1. The van der Waals surface area contributed by atoms with E-state index in [2.05, 4.69) is 32.3 Å². The van der Waals surface area contributed by atoms with E-state index in [4.69, 9.17) is 9.26 Å². The molecule has 172 valence electrons. The van der Waals surface area contributed by atoms with Crippen LogP contribution in [0.5, 0.6) is 0 Å². The summed E-state index contributed by atoms with van der Waals surface area (Å²) in [6.45, 7) is 3.75. The van der Waals surface area contributed by atoms with Crippen LogP contribution in [0.3, 0.4) is 0 Å². The number of hydrogen-bond donors (Lipinski definition) is 2. The van der Waals surface area contributed by atoms with Gasteiger partial charge in [0.15, 0.2) is 10.7 Å². The standard InChI is InChI=1S/C23H18N4O5S2/c1-12-5-3-4-6-14(12)13(2)31-22(30)25-15-11-24-32-16(15)7-8-17-26-18-19(33-17)34-20(27-18)23(9-10-23)21(28)29/h3-6,11,13H,9-10H2,1-2H3,(H,25,30)(H,28,29). The van der Waals surface area contributed by atoms with Gasteiger partial charge in [-0.1, -0.05) is 40.8 Å². The summed E-state index contributed by atoms with van der Waals surface area (Å²) in [7, 11) is 0. The van der Waals surface area contributed by atoms with E-state index in [0.717, 1.165) is 15.1 Å². The molecule has 9 nitrogen and oxygen atoms in total. The van der Waals surface area contributed by atoms with Crippen molar-refractivity contribution >= 4 is 50.1 Å². The summed E-state index contributed by atoms with van der Waals surface area (Å²) in [6, 6.07) is 7.68. The van der Waals surface area contributed by atoms with Gasteiger partial charge in [0.25, 0.3) is 0 Å². The van der Waals surface area contributed by atoms with Crippen LogP contribution < -0.4 is 5.32 Å². The van der Waals surface area contributed by atoms with Crippen LogP contribution >= 0.6 is 22.7 Å². The van der Waals surface area contributed by atoms with Crippen molar-refractivity contribution in [2.45, 2.75) is 38.2 Å². The topological polar surface area (TPSA) is 127 Å². The third-order valence-electron chi connectivity index (χ3n) is 5.55. The lowest BCUT2D eigenvalue weighted by molar-refractivity contribution is -0.140. The van der Waals surface area contributed by atoms with Crippen LogP contribution in [0.2, 0.25) is 0 Å². The van der Waals surface area contributed by atoms with Crippen LogP contribution in [0.25, 0.3) is 9.66 Å². The third-order valence-corrected chi connectivity index (χ3v) is 7.84. The van der Waals surface area contributed by atoms with Crippen molar-refractivity contribution < 1.29 is 24.0 Å². The van der Waals surface area contributed by atoms with Gasteiger partial charge in [-0.3, -0.25) is 10.1 Å². The number of amides is 1. The number of rotatable bonds is 5. The SMILES string of the molecule is Cc1ccccc1C(C)OC(=O)Nc1cnoc1C#Cc1nc2nc(C3(C(=O)O)CC3)sc2s1. The highest BCUT2D eigenvalue weighted by Gasteiger charge is 2.54. The average molecular weight is 495 g/mol. The average Bonchev–Trinajstić information content (AvgIpc) is 3.12. The van der Waals surface area contributed by atoms with Crippen molar-refractivity contribution in [2.24, 2.45) is 0 Å². The van der Waals surface area contributed by atoms with Crippen molar-refractivity contribution in [1.82, 2.24) is 15.1 Å². The van der Waals surface area contributed by atoms with E-state index in [1.165, 1.54) is 28.9 Å². The summed E-state index contributed by atoms with van der Waals surface area (Å²) < 4.78 is 11.4. The molecule has 1 aliphatic carbocycles. The highest BCUT2D eigenvalue weighted by molar-refractivity contribution is 7.38. The van der Waals surface area contributed by atoms with E-state index in [1.54, 1.807) is 6.92 Å². The van der Waals surface area contributed by atoms with Gasteiger partial charge in [-0.25, -0.2) is 14.8 Å². The number of nitrogens with one attached hydrogen (secondary N) is 1. The summed E-state index contributed by atoms with van der Waals surface area (Å²) in [5, 5.41) is 16.8. The van der Waals surface area contributed by atoms with E-state index in [9.17, 15) is 14.7 Å². The minimum Gasteiger partial charge on any atom is -0.481 e. The quantitative estimate of drug-likeness (QED) is 0.376. The number of aromatic nitrogens is 3. The molecule has 1 saturated carbocycles. The molecule has 2 N–H and O–H groups in total. The fourth-order valence-electron chi connectivity index (χ4n) is 3.48. The molecule has 0 saturated heterocycles.